The fourth-order valence-corrected chi connectivity index (χ4v) is 6.40. The van der Waals surface area contributed by atoms with E-state index in [4.69, 9.17) is 4.98 Å². The molecule has 3 aromatic heterocycles. The van der Waals surface area contributed by atoms with Crippen LogP contribution in [0.25, 0.3) is 11.0 Å². The molecule has 4 aliphatic rings. The summed E-state index contributed by atoms with van der Waals surface area (Å²) >= 11 is 0. The quantitative estimate of drug-likeness (QED) is 0.580. The van der Waals surface area contributed by atoms with E-state index in [9.17, 15) is 9.59 Å². The molecule has 1 N–H and O–H groups in total. The molecule has 7 rings (SSSR count). The molecule has 192 valence electrons. The Morgan fingerprint density at radius 3 is 2.59 bits per heavy atom. The Balaban J connectivity index is 1.07. The first-order chi connectivity index (χ1) is 18.1. The lowest BCUT2D eigenvalue weighted by atomic mass is 9.94. The second-order valence-electron chi connectivity index (χ2n) is 11.3. The smallest absolute Gasteiger partial charge is 0.268 e. The van der Waals surface area contributed by atoms with E-state index in [-0.39, 0.29) is 17.4 Å². The largest absolute Gasteiger partial charge is 0.348 e. The van der Waals surface area contributed by atoms with Crippen LogP contribution in [-0.2, 0) is 12.0 Å². The minimum absolute atomic E-state index is 0.0386. The van der Waals surface area contributed by atoms with Crippen LogP contribution in [0, 0.1) is 5.92 Å². The molecule has 3 fully saturated rings. The van der Waals surface area contributed by atoms with Gasteiger partial charge >= 0.3 is 0 Å². The van der Waals surface area contributed by atoms with E-state index in [1.807, 2.05) is 29.3 Å². The van der Waals surface area contributed by atoms with Crippen LogP contribution >= 0.6 is 0 Å². The van der Waals surface area contributed by atoms with Crippen molar-refractivity contribution in [1.29, 1.82) is 0 Å². The highest BCUT2D eigenvalue weighted by atomic mass is 16.2. The Bertz CT molecular complexity index is 1350. The van der Waals surface area contributed by atoms with Crippen LogP contribution in [0.2, 0.25) is 0 Å². The minimum Gasteiger partial charge on any atom is -0.348 e. The van der Waals surface area contributed by atoms with Gasteiger partial charge in [0.1, 0.15) is 17.2 Å². The van der Waals surface area contributed by atoms with E-state index >= 15 is 0 Å². The molecule has 0 radical (unpaired) electrons. The zero-order chi connectivity index (χ0) is 25.0. The van der Waals surface area contributed by atoms with Crippen molar-refractivity contribution in [3.05, 3.63) is 53.4 Å². The predicted molar refractivity (Wildman–Crippen MR) is 138 cm³/mol. The van der Waals surface area contributed by atoms with Gasteiger partial charge in [-0.2, -0.15) is 0 Å². The maximum atomic E-state index is 13.0. The summed E-state index contributed by atoms with van der Waals surface area (Å²) in [7, 11) is 0. The molecule has 37 heavy (non-hydrogen) atoms. The number of hydrogen-bond acceptors (Lipinski definition) is 6. The first-order valence-corrected chi connectivity index (χ1v) is 13.7. The van der Waals surface area contributed by atoms with Crippen molar-refractivity contribution in [3.8, 4) is 0 Å². The van der Waals surface area contributed by atoms with E-state index in [0.29, 0.717) is 30.0 Å². The van der Waals surface area contributed by atoms with E-state index in [1.54, 1.807) is 6.20 Å². The number of amides is 2. The molecule has 2 saturated carbocycles. The van der Waals surface area contributed by atoms with Crippen molar-refractivity contribution in [2.45, 2.75) is 50.5 Å². The Morgan fingerprint density at radius 1 is 1.05 bits per heavy atom. The first kappa shape index (κ1) is 22.8. The monoisotopic (exact) mass is 499 g/mol. The number of piperazine rings is 1. The minimum atomic E-state index is -0.0831. The third-order valence-electron chi connectivity index (χ3n) is 8.69. The van der Waals surface area contributed by atoms with Crippen molar-refractivity contribution in [1.82, 2.24) is 34.6 Å². The van der Waals surface area contributed by atoms with Gasteiger partial charge in [0.05, 0.1) is 17.5 Å². The Labute approximate surface area is 216 Å². The van der Waals surface area contributed by atoms with Crippen LogP contribution < -0.4 is 5.32 Å². The van der Waals surface area contributed by atoms with Crippen LogP contribution in [0.4, 0.5) is 0 Å². The van der Waals surface area contributed by atoms with E-state index < -0.39 is 0 Å². The first-order valence-electron chi connectivity index (χ1n) is 13.7. The molecule has 1 saturated heterocycles. The molecule has 0 aromatic carbocycles. The van der Waals surface area contributed by atoms with E-state index in [1.165, 1.54) is 19.4 Å². The van der Waals surface area contributed by atoms with Gasteiger partial charge in [-0.05, 0) is 49.8 Å². The van der Waals surface area contributed by atoms with Crippen molar-refractivity contribution < 1.29 is 9.59 Å². The third-order valence-corrected chi connectivity index (χ3v) is 8.69. The summed E-state index contributed by atoms with van der Waals surface area (Å²) in [5, 5.41) is 3.98. The maximum Gasteiger partial charge on any atom is 0.268 e. The molecule has 2 aliphatic heterocycles. The van der Waals surface area contributed by atoms with Gasteiger partial charge in [0.2, 0.25) is 0 Å². The average molecular weight is 500 g/mol. The Hall–Kier alpha value is -3.33. The number of carbonyl (C=O) groups is 2. The highest BCUT2D eigenvalue weighted by molar-refractivity contribution is 5.99. The lowest BCUT2D eigenvalue weighted by Crippen LogP contribution is -2.50. The Morgan fingerprint density at radius 2 is 1.86 bits per heavy atom. The summed E-state index contributed by atoms with van der Waals surface area (Å²) in [6.45, 7) is 5.32. The number of nitrogens with one attached hydrogen (secondary N) is 1. The van der Waals surface area contributed by atoms with Crippen molar-refractivity contribution >= 4 is 22.8 Å². The number of fused-ring (bicyclic) bond motifs is 4. The fourth-order valence-electron chi connectivity index (χ4n) is 6.40. The van der Waals surface area contributed by atoms with Gasteiger partial charge in [0.25, 0.3) is 11.8 Å². The second kappa shape index (κ2) is 8.90. The molecule has 0 atom stereocenters. The molecule has 1 spiro atoms. The summed E-state index contributed by atoms with van der Waals surface area (Å²) in [4.78, 5) is 44.1. The summed E-state index contributed by atoms with van der Waals surface area (Å²) in [6.07, 6.45) is 11.1. The van der Waals surface area contributed by atoms with Crippen LogP contribution in [-0.4, -0.2) is 80.4 Å². The Kier molecular flexibility index (Phi) is 5.49. The summed E-state index contributed by atoms with van der Waals surface area (Å²) < 4.78 is 2.18. The van der Waals surface area contributed by atoms with E-state index in [2.05, 4.69) is 24.8 Å². The molecular formula is C28H33N7O2. The van der Waals surface area contributed by atoms with Crippen LogP contribution in [0.15, 0.2) is 30.6 Å². The number of hydrogen-bond donors (Lipinski definition) is 1. The number of aromatic nitrogens is 4. The molecule has 0 unspecified atom stereocenters. The molecule has 5 heterocycles. The lowest BCUT2D eigenvalue weighted by Gasteiger charge is -2.37. The van der Waals surface area contributed by atoms with Crippen molar-refractivity contribution in [3.63, 3.8) is 0 Å². The molecule has 0 bridgehead atoms. The van der Waals surface area contributed by atoms with E-state index in [0.717, 1.165) is 74.5 Å². The second-order valence-corrected chi connectivity index (χ2v) is 11.3. The number of carbonyl (C=O) groups excluding carboxylic acids is 2. The van der Waals surface area contributed by atoms with Gasteiger partial charge in [-0.1, -0.05) is 12.8 Å². The SMILES string of the molecule is O=C1NCC2(CCCC2)n2c1cc1cnc(Cc3ccc(C(=O)N4CCN(CC5CC5)CC4)cn3)nc12. The predicted octanol–water partition coefficient (Wildman–Crippen LogP) is 2.60. The summed E-state index contributed by atoms with van der Waals surface area (Å²) in [5.41, 5.74) is 2.89. The van der Waals surface area contributed by atoms with Gasteiger partial charge in [0.15, 0.2) is 0 Å². The molecule has 2 aliphatic carbocycles. The van der Waals surface area contributed by atoms with Gasteiger partial charge in [-0.15, -0.1) is 0 Å². The third kappa shape index (κ3) is 4.19. The van der Waals surface area contributed by atoms with Gasteiger partial charge in [-0.3, -0.25) is 19.5 Å². The average Bonchev–Trinajstić information content (AvgIpc) is 3.46. The maximum absolute atomic E-state index is 13.0. The van der Waals surface area contributed by atoms with Crippen LogP contribution in [0.3, 0.4) is 0 Å². The van der Waals surface area contributed by atoms with Crippen LogP contribution in [0.1, 0.15) is 70.9 Å². The van der Waals surface area contributed by atoms with Crippen molar-refractivity contribution in [2.24, 2.45) is 5.92 Å². The van der Waals surface area contributed by atoms with Gasteiger partial charge in [-0.25, -0.2) is 9.97 Å². The highest BCUT2D eigenvalue weighted by Gasteiger charge is 2.42. The number of nitrogens with zero attached hydrogens (tertiary/aromatic N) is 6. The normalized spacial score (nSPS) is 21.4. The van der Waals surface area contributed by atoms with Gasteiger partial charge in [0, 0.05) is 62.7 Å². The van der Waals surface area contributed by atoms with Gasteiger partial charge < -0.3 is 14.8 Å². The molecule has 2 amide bonds. The highest BCUT2D eigenvalue weighted by Crippen LogP contribution is 2.41. The zero-order valence-electron chi connectivity index (χ0n) is 21.2. The zero-order valence-corrected chi connectivity index (χ0v) is 21.2. The molecule has 3 aromatic rings. The molecule has 9 nitrogen and oxygen atoms in total. The summed E-state index contributed by atoms with van der Waals surface area (Å²) in [6, 6.07) is 5.69. The standard InChI is InChI=1S/C28H33N7O2/c36-26-23-13-21-16-30-24(32-25(21)35(23)28(18-31-26)7-1-2-8-28)14-22-6-5-20(15-29-22)27(37)34-11-9-33(10-12-34)17-19-3-4-19/h5-6,13,15-16,19H,1-4,7-12,14,17-18H2,(H,31,36). The number of pyridine rings is 1. The van der Waals surface area contributed by atoms with Crippen molar-refractivity contribution in [2.75, 3.05) is 39.3 Å². The summed E-state index contributed by atoms with van der Waals surface area (Å²) in [5.74, 6) is 1.58. The van der Waals surface area contributed by atoms with Crippen LogP contribution in [0.5, 0.6) is 0 Å². The molecular weight excluding hydrogens is 466 g/mol. The number of rotatable bonds is 5. The lowest BCUT2D eigenvalue weighted by molar-refractivity contribution is 0.0631. The topological polar surface area (TPSA) is 96.2 Å². The fraction of sp³-hybridized carbons (Fsp3) is 0.536. The molecule has 9 heteroatoms.